The molecule has 0 aromatic carbocycles. The summed E-state index contributed by atoms with van der Waals surface area (Å²) in [6.07, 6.45) is 0.613. The third kappa shape index (κ3) is 2.64. The summed E-state index contributed by atoms with van der Waals surface area (Å²) < 4.78 is 26.0. The van der Waals surface area contributed by atoms with Crippen molar-refractivity contribution < 1.29 is 18.7 Å². The van der Waals surface area contributed by atoms with E-state index < -0.39 is 24.5 Å². The minimum atomic E-state index is -2.72. The van der Waals surface area contributed by atoms with Crippen LogP contribution < -0.4 is 0 Å². The summed E-state index contributed by atoms with van der Waals surface area (Å²) in [5.74, 6) is -3.73. The molecule has 1 saturated heterocycles. The number of hydrogen-bond acceptors (Lipinski definition) is 2. The highest BCUT2D eigenvalue weighted by Gasteiger charge is 2.39. The number of rotatable bonds is 3. The van der Waals surface area contributed by atoms with E-state index in [0.717, 1.165) is 0 Å². The first kappa shape index (κ1) is 11.4. The molecule has 1 atom stereocenters. The number of nitrogens with zero attached hydrogens (tertiary/aromatic N) is 1. The predicted octanol–water partition coefficient (Wildman–Crippen LogP) is 1.58. The van der Waals surface area contributed by atoms with E-state index in [0.29, 0.717) is 19.4 Å². The maximum absolute atomic E-state index is 13.0. The Hall–Kier alpha value is -0.710. The van der Waals surface area contributed by atoms with Crippen LogP contribution >= 0.6 is 0 Å². The van der Waals surface area contributed by atoms with E-state index in [1.165, 1.54) is 4.90 Å². The van der Waals surface area contributed by atoms with E-state index in [1.54, 1.807) is 6.92 Å². The van der Waals surface area contributed by atoms with Gasteiger partial charge in [-0.05, 0) is 19.4 Å². The summed E-state index contributed by atoms with van der Waals surface area (Å²) in [4.78, 5) is 12.1. The van der Waals surface area contributed by atoms with Gasteiger partial charge in [-0.1, -0.05) is 6.92 Å². The van der Waals surface area contributed by atoms with Crippen LogP contribution in [-0.4, -0.2) is 41.0 Å². The van der Waals surface area contributed by atoms with Gasteiger partial charge in [0, 0.05) is 6.42 Å². The molecule has 1 aliphatic rings. The number of aliphatic carboxylic acids is 1. The van der Waals surface area contributed by atoms with Crippen LogP contribution in [0.25, 0.3) is 0 Å². The zero-order chi connectivity index (χ0) is 10.8. The predicted molar refractivity (Wildman–Crippen MR) is 47.5 cm³/mol. The molecule has 1 aliphatic heterocycles. The summed E-state index contributed by atoms with van der Waals surface area (Å²) in [6.45, 7) is 1.74. The van der Waals surface area contributed by atoms with Gasteiger partial charge in [0.15, 0.2) is 0 Å². The fraction of sp³-hybridized carbons (Fsp3) is 0.889. The molecule has 3 nitrogen and oxygen atoms in total. The summed E-state index contributed by atoms with van der Waals surface area (Å²) in [5, 5.41) is 8.81. The molecule has 0 aromatic heterocycles. The van der Waals surface area contributed by atoms with Crippen LogP contribution in [0.5, 0.6) is 0 Å². The Morgan fingerprint density at radius 3 is 2.71 bits per heavy atom. The van der Waals surface area contributed by atoms with E-state index in [1.807, 2.05) is 0 Å². The van der Waals surface area contributed by atoms with Crippen molar-refractivity contribution >= 4 is 5.97 Å². The van der Waals surface area contributed by atoms with Gasteiger partial charge in [-0.25, -0.2) is 8.78 Å². The third-order valence-electron chi connectivity index (χ3n) is 2.53. The van der Waals surface area contributed by atoms with Crippen LogP contribution in [0.2, 0.25) is 0 Å². The lowest BCUT2D eigenvalue weighted by atomic mass is 10.0. The average molecular weight is 207 g/mol. The lowest BCUT2D eigenvalue weighted by Gasteiger charge is -2.35. The Kier molecular flexibility index (Phi) is 3.42. The van der Waals surface area contributed by atoms with Crippen molar-refractivity contribution in [2.24, 2.45) is 0 Å². The molecule has 1 rings (SSSR count). The van der Waals surface area contributed by atoms with Crippen LogP contribution in [0.15, 0.2) is 0 Å². The Balaban J connectivity index is 2.62. The fourth-order valence-electron chi connectivity index (χ4n) is 1.85. The Bertz CT molecular complexity index is 221. The third-order valence-corrected chi connectivity index (χ3v) is 2.53. The number of hydrogen-bond donors (Lipinski definition) is 1. The second-order valence-electron chi connectivity index (χ2n) is 3.69. The SMILES string of the molecule is CC[C@H](C(=O)O)N1CCCC(F)(F)C1. The molecule has 0 bridgehead atoms. The van der Waals surface area contributed by atoms with Gasteiger partial charge in [0.1, 0.15) is 6.04 Å². The van der Waals surface area contributed by atoms with E-state index in [9.17, 15) is 13.6 Å². The number of carboxylic acid groups (broad SMARTS) is 1. The highest BCUT2D eigenvalue weighted by molar-refractivity contribution is 5.73. The summed E-state index contributed by atoms with van der Waals surface area (Å²) >= 11 is 0. The topological polar surface area (TPSA) is 40.5 Å². The van der Waals surface area contributed by atoms with Gasteiger partial charge in [0.2, 0.25) is 0 Å². The fourth-order valence-corrected chi connectivity index (χ4v) is 1.85. The van der Waals surface area contributed by atoms with E-state index in [4.69, 9.17) is 5.11 Å². The van der Waals surface area contributed by atoms with Gasteiger partial charge in [-0.15, -0.1) is 0 Å². The second kappa shape index (κ2) is 4.21. The minimum absolute atomic E-state index is 0.125. The van der Waals surface area contributed by atoms with Gasteiger partial charge in [-0.2, -0.15) is 0 Å². The van der Waals surface area contributed by atoms with Crippen molar-refractivity contribution in [3.05, 3.63) is 0 Å². The molecule has 0 aliphatic carbocycles. The Morgan fingerprint density at radius 2 is 2.29 bits per heavy atom. The summed E-state index contributed by atoms with van der Waals surface area (Å²) in [7, 11) is 0. The maximum Gasteiger partial charge on any atom is 0.320 e. The molecule has 82 valence electrons. The first-order valence-corrected chi connectivity index (χ1v) is 4.81. The molecule has 0 unspecified atom stereocenters. The molecule has 5 heteroatoms. The molecule has 0 aromatic rings. The normalized spacial score (nSPS) is 24.5. The number of piperidine rings is 1. The molecule has 1 N–H and O–H groups in total. The molecule has 1 fully saturated rings. The molecule has 0 amide bonds. The quantitative estimate of drug-likeness (QED) is 0.763. The molecule has 1 heterocycles. The summed E-state index contributed by atoms with van der Waals surface area (Å²) in [6, 6.07) is -0.763. The first-order valence-electron chi connectivity index (χ1n) is 4.81. The molecule has 14 heavy (non-hydrogen) atoms. The van der Waals surface area contributed by atoms with Crippen LogP contribution in [0.3, 0.4) is 0 Å². The standard InChI is InChI=1S/C9H15F2NO2/c1-2-7(8(13)14)12-5-3-4-9(10,11)6-12/h7H,2-6H2,1H3,(H,13,14)/t7-/m1/s1. The van der Waals surface area contributed by atoms with Gasteiger partial charge < -0.3 is 5.11 Å². The lowest BCUT2D eigenvalue weighted by Crippen LogP contribution is -2.50. The molecule has 0 saturated carbocycles. The molecular weight excluding hydrogens is 192 g/mol. The van der Waals surface area contributed by atoms with Crippen LogP contribution in [0.1, 0.15) is 26.2 Å². The van der Waals surface area contributed by atoms with Gasteiger partial charge >= 0.3 is 5.97 Å². The maximum atomic E-state index is 13.0. The van der Waals surface area contributed by atoms with Gasteiger partial charge in [0.25, 0.3) is 5.92 Å². The minimum Gasteiger partial charge on any atom is -0.480 e. The summed E-state index contributed by atoms with van der Waals surface area (Å²) in [5.41, 5.74) is 0. The number of halogens is 2. The van der Waals surface area contributed by atoms with Gasteiger partial charge in [0.05, 0.1) is 6.54 Å². The van der Waals surface area contributed by atoms with Crippen molar-refractivity contribution in [2.45, 2.75) is 38.2 Å². The largest absolute Gasteiger partial charge is 0.480 e. The Labute approximate surface area is 81.7 Å². The average Bonchev–Trinajstić information content (AvgIpc) is 2.02. The Morgan fingerprint density at radius 1 is 1.64 bits per heavy atom. The second-order valence-corrected chi connectivity index (χ2v) is 3.69. The van der Waals surface area contributed by atoms with Crippen molar-refractivity contribution in [2.75, 3.05) is 13.1 Å². The van der Waals surface area contributed by atoms with E-state index >= 15 is 0 Å². The van der Waals surface area contributed by atoms with Crippen molar-refractivity contribution in [3.63, 3.8) is 0 Å². The molecule has 0 spiro atoms. The number of alkyl halides is 2. The smallest absolute Gasteiger partial charge is 0.320 e. The first-order chi connectivity index (χ1) is 6.46. The number of likely N-dealkylation sites (tertiary alicyclic amines) is 1. The van der Waals surface area contributed by atoms with Gasteiger partial charge in [-0.3, -0.25) is 9.69 Å². The van der Waals surface area contributed by atoms with Crippen molar-refractivity contribution in [1.29, 1.82) is 0 Å². The monoisotopic (exact) mass is 207 g/mol. The highest BCUT2D eigenvalue weighted by Crippen LogP contribution is 2.28. The molecule has 0 radical (unpaired) electrons. The van der Waals surface area contributed by atoms with E-state index in [2.05, 4.69) is 0 Å². The zero-order valence-electron chi connectivity index (χ0n) is 8.17. The van der Waals surface area contributed by atoms with Crippen LogP contribution in [0.4, 0.5) is 8.78 Å². The van der Waals surface area contributed by atoms with E-state index in [-0.39, 0.29) is 6.42 Å². The van der Waals surface area contributed by atoms with Crippen molar-refractivity contribution in [1.82, 2.24) is 4.90 Å². The van der Waals surface area contributed by atoms with Crippen LogP contribution in [0, 0.1) is 0 Å². The zero-order valence-corrected chi connectivity index (χ0v) is 8.17. The number of carbonyl (C=O) groups is 1. The van der Waals surface area contributed by atoms with Crippen LogP contribution in [-0.2, 0) is 4.79 Å². The lowest BCUT2D eigenvalue weighted by molar-refractivity contribution is -0.147. The number of carboxylic acids is 1. The molecular formula is C9H15F2NO2. The highest BCUT2D eigenvalue weighted by atomic mass is 19.3. The van der Waals surface area contributed by atoms with Crippen molar-refractivity contribution in [3.8, 4) is 0 Å².